The first-order valence-electron chi connectivity index (χ1n) is 10.5. The van der Waals surface area contributed by atoms with E-state index in [9.17, 15) is 14.4 Å². The van der Waals surface area contributed by atoms with Crippen molar-refractivity contribution in [3.63, 3.8) is 0 Å². The van der Waals surface area contributed by atoms with Crippen molar-refractivity contribution in [1.29, 1.82) is 0 Å². The molecule has 0 radical (unpaired) electrons. The van der Waals surface area contributed by atoms with E-state index < -0.39 is 11.9 Å². The van der Waals surface area contributed by atoms with Gasteiger partial charge in [-0.05, 0) is 55.2 Å². The van der Waals surface area contributed by atoms with Gasteiger partial charge in [-0.3, -0.25) is 14.4 Å². The zero-order valence-electron chi connectivity index (χ0n) is 18.2. The minimum Gasteiger partial charge on any atom is -0.497 e. The highest BCUT2D eigenvalue weighted by Crippen LogP contribution is 2.19. The number of benzene rings is 2. The van der Waals surface area contributed by atoms with Crippen LogP contribution in [0, 0.1) is 5.92 Å². The first-order valence-corrected chi connectivity index (χ1v) is 10.5. The Kier molecular flexibility index (Phi) is 7.28. The molecule has 31 heavy (non-hydrogen) atoms. The number of likely N-dealkylation sites (tertiary alicyclic amines) is 1. The maximum Gasteiger partial charge on any atom is 0.255 e. The summed E-state index contributed by atoms with van der Waals surface area (Å²) in [6, 6.07) is 12.9. The van der Waals surface area contributed by atoms with Crippen LogP contribution in [0.5, 0.6) is 5.75 Å². The summed E-state index contributed by atoms with van der Waals surface area (Å²) in [5.41, 5.74) is 1.14. The molecule has 1 aliphatic heterocycles. The van der Waals surface area contributed by atoms with Gasteiger partial charge in [0.2, 0.25) is 5.91 Å². The van der Waals surface area contributed by atoms with Crippen LogP contribution in [-0.2, 0) is 4.79 Å². The number of para-hydroxylation sites is 1. The summed E-state index contributed by atoms with van der Waals surface area (Å²) in [4.78, 5) is 40.4. The van der Waals surface area contributed by atoms with E-state index in [1.807, 2.05) is 18.7 Å². The average Bonchev–Trinajstić information content (AvgIpc) is 3.32. The van der Waals surface area contributed by atoms with E-state index in [1.54, 1.807) is 55.6 Å². The van der Waals surface area contributed by atoms with Crippen molar-refractivity contribution in [2.24, 2.45) is 5.92 Å². The van der Waals surface area contributed by atoms with Crippen LogP contribution in [-0.4, -0.2) is 48.9 Å². The summed E-state index contributed by atoms with van der Waals surface area (Å²) in [5, 5.41) is 5.68. The summed E-state index contributed by atoms with van der Waals surface area (Å²) in [6.07, 6.45) is 1.98. The van der Waals surface area contributed by atoms with Gasteiger partial charge in [-0.1, -0.05) is 26.0 Å². The van der Waals surface area contributed by atoms with Crippen molar-refractivity contribution in [2.75, 3.05) is 25.5 Å². The predicted octanol–water partition coefficient (Wildman–Crippen LogP) is 3.32. The molecule has 0 aliphatic carbocycles. The highest BCUT2D eigenvalue weighted by atomic mass is 16.5. The van der Waals surface area contributed by atoms with E-state index in [-0.39, 0.29) is 17.7 Å². The van der Waals surface area contributed by atoms with Gasteiger partial charge in [0.15, 0.2) is 0 Å². The van der Waals surface area contributed by atoms with Crippen molar-refractivity contribution in [3.05, 3.63) is 59.7 Å². The fraction of sp³-hybridized carbons (Fsp3) is 0.375. The summed E-state index contributed by atoms with van der Waals surface area (Å²) in [7, 11) is 1.56. The van der Waals surface area contributed by atoms with Gasteiger partial charge in [-0.15, -0.1) is 0 Å². The molecule has 2 aromatic carbocycles. The summed E-state index contributed by atoms with van der Waals surface area (Å²) in [5.74, 6) is -0.189. The third-order valence-electron chi connectivity index (χ3n) is 5.41. The van der Waals surface area contributed by atoms with E-state index >= 15 is 0 Å². The maximum absolute atomic E-state index is 13.1. The van der Waals surface area contributed by atoms with E-state index in [1.165, 1.54) is 0 Å². The number of ether oxygens (including phenoxy) is 1. The fourth-order valence-corrected chi connectivity index (χ4v) is 3.59. The molecule has 1 heterocycles. The molecule has 1 atom stereocenters. The second-order valence-electron chi connectivity index (χ2n) is 7.96. The first kappa shape index (κ1) is 22.3. The third-order valence-corrected chi connectivity index (χ3v) is 5.41. The highest BCUT2D eigenvalue weighted by Gasteiger charge is 2.30. The zero-order chi connectivity index (χ0) is 22.4. The molecule has 0 bridgehead atoms. The van der Waals surface area contributed by atoms with Crippen LogP contribution in [0.2, 0.25) is 0 Å². The minimum atomic E-state index is -0.615. The van der Waals surface area contributed by atoms with Crippen LogP contribution < -0.4 is 15.4 Å². The van der Waals surface area contributed by atoms with E-state index in [2.05, 4.69) is 10.6 Å². The van der Waals surface area contributed by atoms with Crippen molar-refractivity contribution in [1.82, 2.24) is 10.2 Å². The summed E-state index contributed by atoms with van der Waals surface area (Å²) in [6.45, 7) is 5.28. The Morgan fingerprint density at radius 3 is 2.19 bits per heavy atom. The van der Waals surface area contributed by atoms with Crippen LogP contribution in [0.25, 0.3) is 0 Å². The number of amides is 3. The molecule has 1 fully saturated rings. The number of nitrogens with zero attached hydrogens (tertiary/aromatic N) is 1. The van der Waals surface area contributed by atoms with Gasteiger partial charge in [0, 0.05) is 18.7 Å². The van der Waals surface area contributed by atoms with Crippen molar-refractivity contribution < 1.29 is 19.1 Å². The van der Waals surface area contributed by atoms with Crippen molar-refractivity contribution in [2.45, 2.75) is 32.7 Å². The quantitative estimate of drug-likeness (QED) is 0.715. The summed E-state index contributed by atoms with van der Waals surface area (Å²) >= 11 is 0. The molecule has 2 aromatic rings. The van der Waals surface area contributed by atoms with Gasteiger partial charge in [0.1, 0.15) is 11.8 Å². The van der Waals surface area contributed by atoms with Crippen LogP contribution in [0.15, 0.2) is 48.5 Å². The van der Waals surface area contributed by atoms with Gasteiger partial charge < -0.3 is 20.3 Å². The van der Waals surface area contributed by atoms with Gasteiger partial charge in [-0.2, -0.15) is 0 Å². The Morgan fingerprint density at radius 1 is 0.935 bits per heavy atom. The third kappa shape index (κ3) is 5.42. The van der Waals surface area contributed by atoms with Crippen molar-refractivity contribution >= 4 is 23.4 Å². The Morgan fingerprint density at radius 2 is 1.58 bits per heavy atom. The van der Waals surface area contributed by atoms with Crippen LogP contribution >= 0.6 is 0 Å². The monoisotopic (exact) mass is 423 g/mol. The average molecular weight is 424 g/mol. The molecule has 0 aromatic heterocycles. The lowest BCUT2D eigenvalue weighted by Gasteiger charge is -2.27. The molecule has 0 spiro atoms. The second kappa shape index (κ2) is 10.1. The lowest BCUT2D eigenvalue weighted by atomic mass is 10.0. The normalized spacial score (nSPS) is 14.3. The molecule has 3 rings (SSSR count). The van der Waals surface area contributed by atoms with E-state index in [4.69, 9.17) is 4.74 Å². The molecule has 3 amide bonds. The minimum absolute atomic E-state index is 0.0550. The second-order valence-corrected chi connectivity index (χ2v) is 7.96. The van der Waals surface area contributed by atoms with E-state index in [0.717, 1.165) is 25.9 Å². The number of methoxy groups -OCH3 is 1. The first-order chi connectivity index (χ1) is 14.9. The SMILES string of the molecule is COc1ccc(C(=O)Nc2ccccc2C(=O)N[C@@H](C(=O)N2CCCC2)C(C)C)cc1. The Hall–Kier alpha value is -3.35. The number of anilines is 1. The molecule has 2 N–H and O–H groups in total. The Bertz CT molecular complexity index is 934. The lowest BCUT2D eigenvalue weighted by molar-refractivity contribution is -0.133. The highest BCUT2D eigenvalue weighted by molar-refractivity contribution is 6.09. The smallest absolute Gasteiger partial charge is 0.255 e. The number of rotatable bonds is 7. The molecule has 164 valence electrons. The van der Waals surface area contributed by atoms with Crippen LogP contribution in [0.1, 0.15) is 47.4 Å². The number of carbonyl (C=O) groups is 3. The fourth-order valence-electron chi connectivity index (χ4n) is 3.59. The predicted molar refractivity (Wildman–Crippen MR) is 119 cm³/mol. The number of carbonyl (C=O) groups excluding carboxylic acids is 3. The van der Waals surface area contributed by atoms with Gasteiger partial charge in [-0.25, -0.2) is 0 Å². The Labute approximate surface area is 182 Å². The molecule has 0 saturated carbocycles. The van der Waals surface area contributed by atoms with Crippen LogP contribution in [0.4, 0.5) is 5.69 Å². The summed E-state index contributed by atoms with van der Waals surface area (Å²) < 4.78 is 5.11. The maximum atomic E-state index is 13.1. The lowest BCUT2D eigenvalue weighted by Crippen LogP contribution is -2.50. The van der Waals surface area contributed by atoms with Crippen LogP contribution in [0.3, 0.4) is 0 Å². The molecule has 7 heteroatoms. The van der Waals surface area contributed by atoms with Gasteiger partial charge >= 0.3 is 0 Å². The zero-order valence-corrected chi connectivity index (χ0v) is 18.2. The standard InChI is InChI=1S/C24H29N3O4/c1-16(2)21(24(30)27-14-6-7-15-27)26-23(29)19-8-4-5-9-20(19)25-22(28)17-10-12-18(31-3)13-11-17/h4-5,8-13,16,21H,6-7,14-15H2,1-3H3,(H,25,28)(H,26,29)/t21-/m1/s1. The molecule has 1 saturated heterocycles. The van der Waals surface area contributed by atoms with Gasteiger partial charge in [0.05, 0.1) is 18.4 Å². The molecule has 1 aliphatic rings. The Balaban J connectivity index is 1.75. The molecule has 7 nitrogen and oxygen atoms in total. The number of nitrogens with one attached hydrogen (secondary N) is 2. The van der Waals surface area contributed by atoms with Gasteiger partial charge in [0.25, 0.3) is 11.8 Å². The largest absolute Gasteiger partial charge is 0.497 e. The van der Waals surface area contributed by atoms with E-state index in [0.29, 0.717) is 22.6 Å². The molecular formula is C24H29N3O4. The van der Waals surface area contributed by atoms with Crippen molar-refractivity contribution in [3.8, 4) is 5.75 Å². The number of hydrogen-bond donors (Lipinski definition) is 2. The molecule has 0 unspecified atom stereocenters. The topological polar surface area (TPSA) is 87.7 Å². The number of hydrogen-bond acceptors (Lipinski definition) is 4. The molecular weight excluding hydrogens is 394 g/mol.